The fraction of sp³-hybridized carbons (Fsp3) is 0.846. The molecule has 0 aliphatic carbocycles. The number of carbonyl (C=O) groups is 2. The lowest BCUT2D eigenvalue weighted by molar-refractivity contribution is -0.148. The number of rotatable bonds is 6. The van der Waals surface area contributed by atoms with E-state index in [4.69, 9.17) is 5.73 Å². The van der Waals surface area contributed by atoms with Crippen molar-refractivity contribution in [2.75, 3.05) is 13.1 Å². The van der Waals surface area contributed by atoms with Crippen LogP contribution in [0.1, 0.15) is 52.4 Å². The molecule has 4 nitrogen and oxygen atoms in total. The standard InChI is InChI=1S/C13H24N2O2/c1-13(2,10-14)8-3-4-9-15-11(16)6-5-7-12(15)17/h3-10,14H2,1-2H3. The molecule has 1 rings (SSSR count). The number of unbranched alkanes of at least 4 members (excludes halogenated alkanes) is 1. The Hall–Kier alpha value is -0.900. The number of hydrogen-bond acceptors (Lipinski definition) is 3. The van der Waals surface area contributed by atoms with Gasteiger partial charge in [0.25, 0.3) is 0 Å². The first-order valence-electron chi connectivity index (χ1n) is 6.49. The largest absolute Gasteiger partial charge is 0.330 e. The van der Waals surface area contributed by atoms with Crippen LogP contribution in [0.4, 0.5) is 0 Å². The van der Waals surface area contributed by atoms with Gasteiger partial charge in [0.15, 0.2) is 0 Å². The van der Waals surface area contributed by atoms with Crippen LogP contribution in [-0.4, -0.2) is 29.8 Å². The Labute approximate surface area is 104 Å². The minimum Gasteiger partial charge on any atom is -0.330 e. The topological polar surface area (TPSA) is 63.4 Å². The molecule has 0 aromatic heterocycles. The van der Waals surface area contributed by atoms with Crippen LogP contribution in [0.25, 0.3) is 0 Å². The highest BCUT2D eigenvalue weighted by molar-refractivity contribution is 5.97. The Bertz CT molecular complexity index is 271. The fourth-order valence-corrected chi connectivity index (χ4v) is 2.02. The van der Waals surface area contributed by atoms with Gasteiger partial charge in [-0.25, -0.2) is 0 Å². The minimum atomic E-state index is -0.000616. The van der Waals surface area contributed by atoms with Gasteiger partial charge in [-0.05, 0) is 31.2 Å². The highest BCUT2D eigenvalue weighted by Crippen LogP contribution is 2.22. The van der Waals surface area contributed by atoms with Crippen molar-refractivity contribution < 1.29 is 9.59 Å². The van der Waals surface area contributed by atoms with Gasteiger partial charge in [-0.3, -0.25) is 14.5 Å². The summed E-state index contributed by atoms with van der Waals surface area (Å²) in [6.45, 7) is 5.54. The molecule has 2 amide bonds. The monoisotopic (exact) mass is 240 g/mol. The molecule has 98 valence electrons. The third-order valence-corrected chi connectivity index (χ3v) is 3.42. The summed E-state index contributed by atoms with van der Waals surface area (Å²) in [6, 6.07) is 0. The van der Waals surface area contributed by atoms with Gasteiger partial charge in [-0.15, -0.1) is 0 Å². The van der Waals surface area contributed by atoms with Gasteiger partial charge in [0, 0.05) is 19.4 Å². The van der Waals surface area contributed by atoms with Gasteiger partial charge in [0.1, 0.15) is 0 Å². The molecular formula is C13H24N2O2. The maximum Gasteiger partial charge on any atom is 0.229 e. The average Bonchev–Trinajstić information content (AvgIpc) is 2.27. The molecule has 17 heavy (non-hydrogen) atoms. The smallest absolute Gasteiger partial charge is 0.229 e. The molecule has 0 radical (unpaired) electrons. The number of nitrogens with zero attached hydrogens (tertiary/aromatic N) is 1. The number of imide groups is 1. The van der Waals surface area contributed by atoms with Crippen LogP contribution in [-0.2, 0) is 9.59 Å². The second-order valence-electron chi connectivity index (χ2n) is 5.62. The van der Waals surface area contributed by atoms with Crippen LogP contribution in [0, 0.1) is 5.41 Å². The first-order valence-corrected chi connectivity index (χ1v) is 6.49. The van der Waals surface area contributed by atoms with Gasteiger partial charge in [-0.1, -0.05) is 20.3 Å². The number of piperidine rings is 1. The van der Waals surface area contributed by atoms with Crippen LogP contribution in [0.5, 0.6) is 0 Å². The van der Waals surface area contributed by atoms with E-state index in [1.165, 1.54) is 4.90 Å². The highest BCUT2D eigenvalue weighted by atomic mass is 16.2. The predicted octanol–water partition coefficient (Wildman–Crippen LogP) is 1.68. The predicted molar refractivity (Wildman–Crippen MR) is 67.3 cm³/mol. The van der Waals surface area contributed by atoms with Crippen molar-refractivity contribution in [1.82, 2.24) is 4.90 Å². The van der Waals surface area contributed by atoms with E-state index in [1.54, 1.807) is 0 Å². The summed E-state index contributed by atoms with van der Waals surface area (Å²) in [5, 5.41) is 0. The Morgan fingerprint density at radius 1 is 1.18 bits per heavy atom. The molecule has 0 saturated carbocycles. The second-order valence-corrected chi connectivity index (χ2v) is 5.62. The van der Waals surface area contributed by atoms with Crippen LogP contribution in [0.2, 0.25) is 0 Å². The molecule has 0 spiro atoms. The lowest BCUT2D eigenvalue weighted by Crippen LogP contribution is -2.40. The molecule has 0 bridgehead atoms. The Morgan fingerprint density at radius 2 is 1.76 bits per heavy atom. The van der Waals surface area contributed by atoms with E-state index >= 15 is 0 Å². The lowest BCUT2D eigenvalue weighted by atomic mass is 9.87. The summed E-state index contributed by atoms with van der Waals surface area (Å²) < 4.78 is 0. The van der Waals surface area contributed by atoms with Crippen molar-refractivity contribution in [3.63, 3.8) is 0 Å². The molecule has 1 aliphatic heterocycles. The zero-order valence-electron chi connectivity index (χ0n) is 11.0. The minimum absolute atomic E-state index is 0.000616. The molecular weight excluding hydrogens is 216 g/mol. The number of hydrogen-bond donors (Lipinski definition) is 1. The van der Waals surface area contributed by atoms with Gasteiger partial charge in [0.2, 0.25) is 11.8 Å². The van der Waals surface area contributed by atoms with E-state index in [0.29, 0.717) is 32.4 Å². The number of amides is 2. The van der Waals surface area contributed by atoms with Crippen LogP contribution in [0.3, 0.4) is 0 Å². The van der Waals surface area contributed by atoms with E-state index in [-0.39, 0.29) is 17.2 Å². The van der Waals surface area contributed by atoms with Gasteiger partial charge in [0.05, 0.1) is 0 Å². The molecule has 1 fully saturated rings. The molecule has 0 unspecified atom stereocenters. The maximum atomic E-state index is 11.5. The lowest BCUT2D eigenvalue weighted by Gasteiger charge is -2.26. The van der Waals surface area contributed by atoms with Gasteiger partial charge < -0.3 is 5.73 Å². The third-order valence-electron chi connectivity index (χ3n) is 3.42. The summed E-state index contributed by atoms with van der Waals surface area (Å²) >= 11 is 0. The van der Waals surface area contributed by atoms with Crippen molar-refractivity contribution in [2.24, 2.45) is 11.1 Å². The summed E-state index contributed by atoms with van der Waals surface area (Å²) in [5.74, 6) is -0.00123. The molecule has 1 heterocycles. The average molecular weight is 240 g/mol. The molecule has 0 aromatic rings. The van der Waals surface area contributed by atoms with Crippen molar-refractivity contribution in [3.8, 4) is 0 Å². The zero-order valence-corrected chi connectivity index (χ0v) is 11.0. The maximum absolute atomic E-state index is 11.5. The van der Waals surface area contributed by atoms with E-state index in [2.05, 4.69) is 13.8 Å². The molecule has 1 aliphatic rings. The second kappa shape index (κ2) is 6.15. The van der Waals surface area contributed by atoms with Crippen LogP contribution < -0.4 is 5.73 Å². The zero-order chi connectivity index (χ0) is 12.9. The SMILES string of the molecule is CC(C)(CN)CCCCN1C(=O)CCCC1=O. The van der Waals surface area contributed by atoms with Crippen molar-refractivity contribution >= 4 is 11.8 Å². The highest BCUT2D eigenvalue weighted by Gasteiger charge is 2.25. The van der Waals surface area contributed by atoms with E-state index in [1.807, 2.05) is 0 Å². The van der Waals surface area contributed by atoms with Gasteiger partial charge in [-0.2, -0.15) is 0 Å². The number of nitrogens with two attached hydrogens (primary N) is 1. The molecule has 2 N–H and O–H groups in total. The Morgan fingerprint density at radius 3 is 2.29 bits per heavy atom. The first-order chi connectivity index (χ1) is 7.96. The summed E-state index contributed by atoms with van der Waals surface area (Å²) in [6.07, 6.45) is 4.72. The molecule has 0 aromatic carbocycles. The van der Waals surface area contributed by atoms with E-state index < -0.39 is 0 Å². The summed E-state index contributed by atoms with van der Waals surface area (Å²) in [7, 11) is 0. The van der Waals surface area contributed by atoms with Crippen molar-refractivity contribution in [2.45, 2.75) is 52.4 Å². The third kappa shape index (κ3) is 4.46. The molecule has 1 saturated heterocycles. The fourth-order valence-electron chi connectivity index (χ4n) is 2.02. The summed E-state index contributed by atoms with van der Waals surface area (Å²) in [5.41, 5.74) is 5.82. The first kappa shape index (κ1) is 14.2. The van der Waals surface area contributed by atoms with E-state index in [0.717, 1.165) is 19.3 Å². The van der Waals surface area contributed by atoms with Crippen LogP contribution in [0.15, 0.2) is 0 Å². The van der Waals surface area contributed by atoms with Crippen LogP contribution >= 0.6 is 0 Å². The quantitative estimate of drug-likeness (QED) is 0.567. The Kier molecular flexibility index (Phi) is 5.12. The Balaban J connectivity index is 2.26. The molecule has 4 heteroatoms. The normalized spacial score (nSPS) is 17.7. The number of carbonyl (C=O) groups excluding carboxylic acids is 2. The number of likely N-dealkylation sites (tertiary alicyclic amines) is 1. The summed E-state index contributed by atoms with van der Waals surface area (Å²) in [4.78, 5) is 24.5. The van der Waals surface area contributed by atoms with Crippen molar-refractivity contribution in [1.29, 1.82) is 0 Å². The molecule has 0 atom stereocenters. The van der Waals surface area contributed by atoms with Gasteiger partial charge >= 0.3 is 0 Å². The van der Waals surface area contributed by atoms with E-state index in [9.17, 15) is 9.59 Å². The van der Waals surface area contributed by atoms with Crippen molar-refractivity contribution in [3.05, 3.63) is 0 Å².